The highest BCUT2D eigenvalue weighted by molar-refractivity contribution is 7.00. The SMILES string of the molecule is c1ccc(C2(c3ccccc3)c3ccccc3N3c4cc5ccccc5c5c4B(c4cccc2c43)c2cccc3c2N5c2ccccc2C3(c2ccccc2)c2ccccc2)cc1. The van der Waals surface area contributed by atoms with Gasteiger partial charge in [-0.25, -0.2) is 0 Å². The summed E-state index contributed by atoms with van der Waals surface area (Å²) < 4.78 is 0. The van der Waals surface area contributed by atoms with Crippen LogP contribution in [0.1, 0.15) is 44.5 Å². The lowest BCUT2D eigenvalue weighted by Gasteiger charge is -2.54. The minimum absolute atomic E-state index is 0.0407. The highest BCUT2D eigenvalue weighted by atomic mass is 15.2. The summed E-state index contributed by atoms with van der Waals surface area (Å²) in [5, 5.41) is 2.49. The molecule has 0 radical (unpaired) electrons. The molecule has 4 aliphatic rings. The first-order valence-corrected chi connectivity index (χ1v) is 22.1. The van der Waals surface area contributed by atoms with Crippen molar-refractivity contribution in [3.8, 4) is 0 Å². The maximum atomic E-state index is 2.66. The van der Waals surface area contributed by atoms with E-state index < -0.39 is 10.8 Å². The van der Waals surface area contributed by atoms with Gasteiger partial charge in [0.15, 0.2) is 0 Å². The van der Waals surface area contributed by atoms with E-state index in [-0.39, 0.29) is 6.71 Å². The summed E-state index contributed by atoms with van der Waals surface area (Å²) in [6.45, 7) is -0.0407. The number of anilines is 6. The minimum Gasteiger partial charge on any atom is -0.311 e. The second kappa shape index (κ2) is 12.8. The van der Waals surface area contributed by atoms with Gasteiger partial charge in [0.25, 0.3) is 6.71 Å². The van der Waals surface area contributed by atoms with Crippen LogP contribution in [0.25, 0.3) is 10.8 Å². The predicted octanol–water partition coefficient (Wildman–Crippen LogP) is 12.3. The van der Waals surface area contributed by atoms with Crippen LogP contribution in [-0.2, 0) is 10.8 Å². The van der Waals surface area contributed by atoms with Crippen molar-refractivity contribution in [2.24, 2.45) is 0 Å². The lowest BCUT2D eigenvalue weighted by atomic mass is 9.32. The molecule has 4 heterocycles. The van der Waals surface area contributed by atoms with Crippen molar-refractivity contribution < 1.29 is 0 Å². The monoisotopic (exact) mass is 798 g/mol. The molecule has 0 saturated heterocycles. The Labute approximate surface area is 368 Å². The average molecular weight is 799 g/mol. The van der Waals surface area contributed by atoms with E-state index in [1.54, 1.807) is 0 Å². The molecule has 63 heavy (non-hydrogen) atoms. The molecule has 14 rings (SSSR count). The van der Waals surface area contributed by atoms with E-state index in [9.17, 15) is 0 Å². The molecule has 0 fully saturated rings. The lowest BCUT2D eigenvalue weighted by Crippen LogP contribution is -2.63. The quantitative estimate of drug-likeness (QED) is 0.164. The van der Waals surface area contributed by atoms with E-state index in [0.29, 0.717) is 0 Å². The topological polar surface area (TPSA) is 6.48 Å². The first kappa shape index (κ1) is 34.8. The Morgan fingerprint density at radius 2 is 0.698 bits per heavy atom. The summed E-state index contributed by atoms with van der Waals surface area (Å²) >= 11 is 0. The average Bonchev–Trinajstić information content (AvgIpc) is 3.36. The summed E-state index contributed by atoms with van der Waals surface area (Å²) in [6.07, 6.45) is 0. The number of hydrogen-bond donors (Lipinski definition) is 0. The van der Waals surface area contributed by atoms with Gasteiger partial charge in [-0.05, 0) is 84.5 Å². The molecule has 0 aliphatic carbocycles. The van der Waals surface area contributed by atoms with Crippen LogP contribution in [0.4, 0.5) is 34.1 Å². The molecule has 0 spiro atoms. The highest BCUT2D eigenvalue weighted by Crippen LogP contribution is 2.62. The molecular formula is C60H39BN2. The third-order valence-corrected chi connectivity index (χ3v) is 14.7. The van der Waals surface area contributed by atoms with E-state index in [1.165, 1.54) is 106 Å². The van der Waals surface area contributed by atoms with Crippen molar-refractivity contribution in [3.63, 3.8) is 0 Å². The van der Waals surface area contributed by atoms with Crippen LogP contribution < -0.4 is 26.2 Å². The molecule has 4 aliphatic heterocycles. The van der Waals surface area contributed by atoms with Crippen LogP contribution in [0.15, 0.2) is 237 Å². The Kier molecular flexibility index (Phi) is 7.08. The summed E-state index contributed by atoms with van der Waals surface area (Å²) in [6, 6.07) is 89.1. The zero-order valence-corrected chi connectivity index (χ0v) is 34.5. The van der Waals surface area contributed by atoms with Crippen LogP contribution in [0, 0.1) is 0 Å². The van der Waals surface area contributed by atoms with Gasteiger partial charge in [-0.2, -0.15) is 0 Å². The number of rotatable bonds is 4. The lowest BCUT2D eigenvalue weighted by molar-refractivity contribution is 0.731. The van der Waals surface area contributed by atoms with Crippen molar-refractivity contribution in [1.29, 1.82) is 0 Å². The third-order valence-electron chi connectivity index (χ3n) is 14.7. The number of fused-ring (bicyclic) bond motifs is 10. The van der Waals surface area contributed by atoms with Gasteiger partial charge in [-0.15, -0.1) is 0 Å². The van der Waals surface area contributed by atoms with Gasteiger partial charge in [0.2, 0.25) is 0 Å². The molecule has 0 bridgehead atoms. The molecule has 2 nitrogen and oxygen atoms in total. The van der Waals surface area contributed by atoms with Gasteiger partial charge in [0.05, 0.1) is 27.9 Å². The van der Waals surface area contributed by atoms with Crippen molar-refractivity contribution >= 4 is 68.0 Å². The molecule has 0 aromatic heterocycles. The van der Waals surface area contributed by atoms with E-state index in [4.69, 9.17) is 0 Å². The predicted molar refractivity (Wildman–Crippen MR) is 262 cm³/mol. The second-order valence-electron chi connectivity index (χ2n) is 17.5. The Bertz CT molecular complexity index is 3380. The normalized spacial score (nSPS) is 15.1. The van der Waals surface area contributed by atoms with Gasteiger partial charge in [0.1, 0.15) is 0 Å². The molecule has 0 unspecified atom stereocenters. The largest absolute Gasteiger partial charge is 0.311 e. The molecule has 0 amide bonds. The van der Waals surface area contributed by atoms with Crippen molar-refractivity contribution in [1.82, 2.24) is 0 Å². The van der Waals surface area contributed by atoms with E-state index in [1.807, 2.05) is 0 Å². The van der Waals surface area contributed by atoms with E-state index in [0.717, 1.165) is 0 Å². The fraction of sp³-hybridized carbons (Fsp3) is 0.0333. The second-order valence-corrected chi connectivity index (χ2v) is 17.5. The molecule has 292 valence electrons. The van der Waals surface area contributed by atoms with Crippen LogP contribution in [0.5, 0.6) is 0 Å². The molecule has 10 aromatic rings. The maximum Gasteiger partial charge on any atom is 0.252 e. The maximum absolute atomic E-state index is 2.66. The van der Waals surface area contributed by atoms with Gasteiger partial charge >= 0.3 is 0 Å². The molecule has 3 heteroatoms. The fourth-order valence-electron chi connectivity index (χ4n) is 12.5. The zero-order valence-electron chi connectivity index (χ0n) is 34.5. The Morgan fingerprint density at radius 1 is 0.302 bits per heavy atom. The highest BCUT2D eigenvalue weighted by Gasteiger charge is 2.55. The van der Waals surface area contributed by atoms with Crippen LogP contribution in [-0.4, -0.2) is 6.71 Å². The van der Waals surface area contributed by atoms with E-state index in [2.05, 4.69) is 246 Å². The number of para-hydroxylation sites is 4. The first-order valence-electron chi connectivity index (χ1n) is 22.1. The standard InChI is InChI=1S/C60H39BN2/c1-5-22-41(23-6-1)59(42-24-7-2-8-25-42)46-31-15-17-37-52(46)62-54-39-40-21-13-14-30-45(40)56-55(54)61(50-35-19-33-48(59)57(50)62)51-36-20-34-49-58(51)63(56)53-38-18-16-32-47(53)60(49,43-26-9-3-10-27-43)44-28-11-4-12-29-44/h1-39H. The van der Waals surface area contributed by atoms with Gasteiger partial charge in [-0.3, -0.25) is 0 Å². The molecule has 0 N–H and O–H groups in total. The smallest absolute Gasteiger partial charge is 0.252 e. The molecule has 10 aromatic carbocycles. The van der Waals surface area contributed by atoms with Crippen LogP contribution in [0.2, 0.25) is 0 Å². The Hall–Kier alpha value is -7.88. The fourth-order valence-corrected chi connectivity index (χ4v) is 12.5. The first-order chi connectivity index (χ1) is 31.3. The van der Waals surface area contributed by atoms with Crippen molar-refractivity contribution in [3.05, 3.63) is 281 Å². The van der Waals surface area contributed by atoms with Crippen LogP contribution >= 0.6 is 0 Å². The molecule has 0 atom stereocenters. The minimum atomic E-state index is -0.572. The number of nitrogens with zero attached hydrogens (tertiary/aromatic N) is 2. The summed E-state index contributed by atoms with van der Waals surface area (Å²) in [7, 11) is 0. The van der Waals surface area contributed by atoms with Crippen LogP contribution in [0.3, 0.4) is 0 Å². The number of benzene rings is 10. The Balaban J connectivity index is 1.17. The summed E-state index contributed by atoms with van der Waals surface area (Å²) in [5.41, 5.74) is 20.6. The van der Waals surface area contributed by atoms with Gasteiger partial charge < -0.3 is 9.80 Å². The Morgan fingerprint density at radius 3 is 1.21 bits per heavy atom. The molecular weight excluding hydrogens is 759 g/mol. The third kappa shape index (κ3) is 4.29. The van der Waals surface area contributed by atoms with Gasteiger partial charge in [-0.1, -0.05) is 218 Å². The van der Waals surface area contributed by atoms with E-state index >= 15 is 0 Å². The summed E-state index contributed by atoms with van der Waals surface area (Å²) in [5.74, 6) is 0. The molecule has 0 saturated carbocycles. The summed E-state index contributed by atoms with van der Waals surface area (Å²) in [4.78, 5) is 5.29. The number of hydrogen-bond acceptors (Lipinski definition) is 2. The zero-order chi connectivity index (χ0) is 41.3. The van der Waals surface area contributed by atoms with Crippen molar-refractivity contribution in [2.45, 2.75) is 10.8 Å². The van der Waals surface area contributed by atoms with Gasteiger partial charge in [0, 0.05) is 22.4 Å². The van der Waals surface area contributed by atoms with Crippen molar-refractivity contribution in [2.75, 3.05) is 9.80 Å².